The van der Waals surface area contributed by atoms with Crippen LogP contribution in [-0.4, -0.2) is 29.7 Å². The summed E-state index contributed by atoms with van der Waals surface area (Å²) in [5.41, 5.74) is 1.15. The molecule has 0 saturated heterocycles. The third-order valence-electron chi connectivity index (χ3n) is 3.04. The number of urea groups is 1. The van der Waals surface area contributed by atoms with E-state index in [1.54, 1.807) is 13.8 Å². The Hall–Kier alpha value is -2.04. The number of carbonyl (C=O) groups is 2. The van der Waals surface area contributed by atoms with E-state index in [-0.39, 0.29) is 6.03 Å². The number of rotatable bonds is 6. The Kier molecular flexibility index (Phi) is 5.85. The molecule has 0 aliphatic carbocycles. The summed E-state index contributed by atoms with van der Waals surface area (Å²) in [6.07, 6.45) is 0.747. The van der Waals surface area contributed by atoms with Gasteiger partial charge in [0, 0.05) is 12.6 Å². The molecular weight excluding hydrogens is 244 g/mol. The molecule has 5 nitrogen and oxygen atoms in total. The molecule has 0 aromatic heterocycles. The number of carbonyl (C=O) groups excluding carboxylic acids is 1. The number of carboxylic acid groups (broad SMARTS) is 1. The molecule has 104 valence electrons. The summed E-state index contributed by atoms with van der Waals surface area (Å²) in [6, 6.07) is 9.09. The minimum Gasteiger partial charge on any atom is -0.481 e. The van der Waals surface area contributed by atoms with Gasteiger partial charge in [0.1, 0.15) is 0 Å². The second-order valence-electron chi connectivity index (χ2n) is 4.55. The predicted molar refractivity (Wildman–Crippen MR) is 72.9 cm³/mol. The van der Waals surface area contributed by atoms with E-state index in [4.69, 9.17) is 5.11 Å². The van der Waals surface area contributed by atoms with E-state index in [1.165, 1.54) is 0 Å². The Bertz CT molecular complexity index is 420. The fraction of sp³-hybridized carbons (Fsp3) is 0.429. The van der Waals surface area contributed by atoms with Crippen LogP contribution >= 0.6 is 0 Å². The summed E-state index contributed by atoms with van der Waals surface area (Å²) in [5, 5.41) is 14.1. The number of hydrogen-bond acceptors (Lipinski definition) is 2. The Labute approximate surface area is 113 Å². The van der Waals surface area contributed by atoms with E-state index in [9.17, 15) is 9.59 Å². The van der Waals surface area contributed by atoms with Crippen molar-refractivity contribution in [2.45, 2.75) is 26.3 Å². The SMILES string of the molecule is CC(NC(=O)NCCc1ccccc1)C(C)C(=O)O. The highest BCUT2D eigenvalue weighted by molar-refractivity contribution is 5.76. The van der Waals surface area contributed by atoms with E-state index >= 15 is 0 Å². The zero-order valence-corrected chi connectivity index (χ0v) is 11.2. The second kappa shape index (κ2) is 7.41. The van der Waals surface area contributed by atoms with Crippen molar-refractivity contribution >= 4 is 12.0 Å². The van der Waals surface area contributed by atoms with Crippen LogP contribution in [0.1, 0.15) is 19.4 Å². The molecular formula is C14H20N2O3. The number of nitrogens with one attached hydrogen (secondary N) is 2. The van der Waals surface area contributed by atoms with Gasteiger partial charge in [-0.2, -0.15) is 0 Å². The highest BCUT2D eigenvalue weighted by Gasteiger charge is 2.20. The average Bonchev–Trinajstić information content (AvgIpc) is 2.38. The highest BCUT2D eigenvalue weighted by atomic mass is 16.4. The number of carboxylic acids is 1. The lowest BCUT2D eigenvalue weighted by Crippen LogP contribution is -2.45. The van der Waals surface area contributed by atoms with Crippen molar-refractivity contribution in [2.24, 2.45) is 5.92 Å². The fourth-order valence-electron chi connectivity index (χ4n) is 1.56. The molecule has 19 heavy (non-hydrogen) atoms. The maximum atomic E-state index is 11.6. The van der Waals surface area contributed by atoms with E-state index in [2.05, 4.69) is 10.6 Å². The van der Waals surface area contributed by atoms with Crippen molar-refractivity contribution < 1.29 is 14.7 Å². The maximum absolute atomic E-state index is 11.6. The standard InChI is InChI=1S/C14H20N2O3/c1-10(13(17)18)11(2)16-14(19)15-9-8-12-6-4-3-5-7-12/h3-7,10-11H,8-9H2,1-2H3,(H,17,18)(H2,15,16,19). The Balaban J connectivity index is 2.26. The largest absolute Gasteiger partial charge is 0.481 e. The smallest absolute Gasteiger partial charge is 0.315 e. The molecule has 0 spiro atoms. The van der Waals surface area contributed by atoms with Crippen molar-refractivity contribution in [3.63, 3.8) is 0 Å². The van der Waals surface area contributed by atoms with Crippen molar-refractivity contribution in [3.05, 3.63) is 35.9 Å². The van der Waals surface area contributed by atoms with Crippen molar-refractivity contribution in [3.8, 4) is 0 Å². The molecule has 0 fully saturated rings. The van der Waals surface area contributed by atoms with Gasteiger partial charge in [-0.3, -0.25) is 4.79 Å². The summed E-state index contributed by atoms with van der Waals surface area (Å²) in [4.78, 5) is 22.3. The first-order valence-electron chi connectivity index (χ1n) is 6.32. The molecule has 0 aliphatic heterocycles. The number of hydrogen-bond donors (Lipinski definition) is 3. The van der Waals surface area contributed by atoms with Crippen molar-refractivity contribution in [2.75, 3.05) is 6.54 Å². The van der Waals surface area contributed by atoms with Crippen LogP contribution in [0.3, 0.4) is 0 Å². The molecule has 3 N–H and O–H groups in total. The fourth-order valence-corrected chi connectivity index (χ4v) is 1.56. The van der Waals surface area contributed by atoms with Crippen LogP contribution in [0, 0.1) is 5.92 Å². The molecule has 0 radical (unpaired) electrons. The molecule has 0 bridgehead atoms. The second-order valence-corrected chi connectivity index (χ2v) is 4.55. The summed E-state index contributed by atoms with van der Waals surface area (Å²) in [6.45, 7) is 3.76. The first kappa shape index (κ1) is 15.0. The average molecular weight is 264 g/mol. The van der Waals surface area contributed by atoms with Crippen molar-refractivity contribution in [1.29, 1.82) is 0 Å². The van der Waals surface area contributed by atoms with Crippen LogP contribution in [0.15, 0.2) is 30.3 Å². The van der Waals surface area contributed by atoms with Crippen LogP contribution in [-0.2, 0) is 11.2 Å². The lowest BCUT2D eigenvalue weighted by Gasteiger charge is -2.18. The highest BCUT2D eigenvalue weighted by Crippen LogP contribution is 2.02. The molecule has 1 rings (SSSR count). The van der Waals surface area contributed by atoms with E-state index in [1.807, 2.05) is 30.3 Å². The molecule has 1 aromatic rings. The van der Waals surface area contributed by atoms with Gasteiger partial charge in [-0.05, 0) is 25.8 Å². The summed E-state index contributed by atoms with van der Waals surface area (Å²) in [7, 11) is 0. The number of aliphatic carboxylic acids is 1. The van der Waals surface area contributed by atoms with Gasteiger partial charge in [-0.25, -0.2) is 4.79 Å². The van der Waals surface area contributed by atoms with Crippen LogP contribution in [0.4, 0.5) is 4.79 Å². The van der Waals surface area contributed by atoms with Gasteiger partial charge in [0.15, 0.2) is 0 Å². The van der Waals surface area contributed by atoms with Gasteiger partial charge in [0.05, 0.1) is 5.92 Å². The number of benzene rings is 1. The number of amides is 2. The molecule has 2 atom stereocenters. The zero-order valence-electron chi connectivity index (χ0n) is 11.2. The molecule has 2 unspecified atom stereocenters. The first-order valence-corrected chi connectivity index (χ1v) is 6.32. The van der Waals surface area contributed by atoms with Gasteiger partial charge >= 0.3 is 12.0 Å². The Morgan fingerprint density at radius 2 is 1.84 bits per heavy atom. The minimum absolute atomic E-state index is 0.337. The first-order chi connectivity index (χ1) is 9.00. The van der Waals surface area contributed by atoms with Gasteiger partial charge in [0.25, 0.3) is 0 Å². The third-order valence-corrected chi connectivity index (χ3v) is 3.04. The molecule has 2 amide bonds. The normalized spacial score (nSPS) is 13.4. The topological polar surface area (TPSA) is 78.4 Å². The minimum atomic E-state index is -0.919. The van der Waals surface area contributed by atoms with Gasteiger partial charge < -0.3 is 15.7 Å². The van der Waals surface area contributed by atoms with Crippen LogP contribution in [0.2, 0.25) is 0 Å². The summed E-state index contributed by atoms with van der Waals surface area (Å²) in [5.74, 6) is -1.53. The van der Waals surface area contributed by atoms with Crippen molar-refractivity contribution in [1.82, 2.24) is 10.6 Å². The van der Waals surface area contributed by atoms with E-state index in [0.29, 0.717) is 6.54 Å². The predicted octanol–water partition coefficient (Wildman–Crippen LogP) is 1.64. The van der Waals surface area contributed by atoms with Gasteiger partial charge in [-0.15, -0.1) is 0 Å². The van der Waals surface area contributed by atoms with Crippen LogP contribution in [0.5, 0.6) is 0 Å². The lowest BCUT2D eigenvalue weighted by atomic mass is 10.0. The third kappa shape index (κ3) is 5.42. The Morgan fingerprint density at radius 3 is 2.42 bits per heavy atom. The van der Waals surface area contributed by atoms with Crippen LogP contribution in [0.25, 0.3) is 0 Å². The van der Waals surface area contributed by atoms with Gasteiger partial charge in [-0.1, -0.05) is 30.3 Å². The zero-order chi connectivity index (χ0) is 14.3. The molecule has 5 heteroatoms. The Morgan fingerprint density at radius 1 is 1.21 bits per heavy atom. The lowest BCUT2D eigenvalue weighted by molar-refractivity contribution is -0.141. The van der Waals surface area contributed by atoms with Crippen LogP contribution < -0.4 is 10.6 Å². The molecule has 0 aliphatic rings. The maximum Gasteiger partial charge on any atom is 0.315 e. The molecule has 0 heterocycles. The van der Waals surface area contributed by atoms with E-state index < -0.39 is 17.9 Å². The molecule has 1 aromatic carbocycles. The monoisotopic (exact) mass is 264 g/mol. The summed E-state index contributed by atoms with van der Waals surface area (Å²) < 4.78 is 0. The summed E-state index contributed by atoms with van der Waals surface area (Å²) >= 11 is 0. The molecule has 0 saturated carbocycles. The van der Waals surface area contributed by atoms with E-state index in [0.717, 1.165) is 12.0 Å². The van der Waals surface area contributed by atoms with Gasteiger partial charge in [0.2, 0.25) is 0 Å². The quantitative estimate of drug-likeness (QED) is 0.731.